The number of phenolic OH excluding ortho intramolecular Hbond substituents is 1. The van der Waals surface area contributed by atoms with Gasteiger partial charge in [-0.15, -0.1) is 0 Å². The Hall–Kier alpha value is -1.02. The lowest BCUT2D eigenvalue weighted by atomic mass is 9.73. The lowest BCUT2D eigenvalue weighted by Gasteiger charge is -2.37. The van der Waals surface area contributed by atoms with E-state index in [9.17, 15) is 10.2 Å². The van der Waals surface area contributed by atoms with Crippen LogP contribution in [-0.2, 0) is 6.42 Å². The van der Waals surface area contributed by atoms with Gasteiger partial charge >= 0.3 is 0 Å². The molecular formula is C16H22O2. The van der Waals surface area contributed by atoms with Gasteiger partial charge in [0.05, 0.1) is 5.60 Å². The van der Waals surface area contributed by atoms with E-state index in [1.165, 1.54) is 19.3 Å². The molecule has 2 N–H and O–H groups in total. The van der Waals surface area contributed by atoms with Crippen LogP contribution in [0.5, 0.6) is 5.75 Å². The van der Waals surface area contributed by atoms with Crippen LogP contribution in [0.25, 0.3) is 0 Å². The van der Waals surface area contributed by atoms with Gasteiger partial charge in [0.25, 0.3) is 0 Å². The summed E-state index contributed by atoms with van der Waals surface area (Å²) in [7, 11) is 0. The summed E-state index contributed by atoms with van der Waals surface area (Å²) in [5.41, 5.74) is 0.620. The summed E-state index contributed by atoms with van der Waals surface area (Å²) in [5.74, 6) is 1.95. The Morgan fingerprint density at radius 3 is 2.44 bits per heavy atom. The van der Waals surface area contributed by atoms with Gasteiger partial charge in [-0.1, -0.05) is 18.6 Å². The summed E-state index contributed by atoms with van der Waals surface area (Å²) >= 11 is 0. The minimum atomic E-state index is -0.511. The molecule has 2 fully saturated rings. The Balaban J connectivity index is 1.67. The van der Waals surface area contributed by atoms with Crippen molar-refractivity contribution in [2.45, 2.75) is 50.5 Å². The first-order chi connectivity index (χ1) is 8.65. The largest absolute Gasteiger partial charge is 0.508 e. The van der Waals surface area contributed by atoms with Crippen LogP contribution in [0.3, 0.4) is 0 Å². The number of hydrogen-bond acceptors (Lipinski definition) is 2. The second kappa shape index (κ2) is 4.58. The van der Waals surface area contributed by atoms with E-state index in [1.807, 2.05) is 12.1 Å². The molecule has 1 aromatic carbocycles. The van der Waals surface area contributed by atoms with Gasteiger partial charge in [-0.25, -0.2) is 0 Å². The Morgan fingerprint density at radius 1 is 1.06 bits per heavy atom. The molecule has 0 aromatic heterocycles. The van der Waals surface area contributed by atoms with E-state index in [0.717, 1.165) is 43.1 Å². The molecule has 0 radical (unpaired) electrons. The lowest BCUT2D eigenvalue weighted by Crippen LogP contribution is -2.38. The van der Waals surface area contributed by atoms with Crippen LogP contribution in [0.1, 0.15) is 44.1 Å². The van der Waals surface area contributed by atoms with E-state index in [0.29, 0.717) is 5.75 Å². The molecule has 3 rings (SSSR count). The summed E-state index contributed by atoms with van der Waals surface area (Å²) in [5, 5.41) is 20.1. The maximum atomic E-state index is 10.8. The molecule has 2 atom stereocenters. The van der Waals surface area contributed by atoms with E-state index in [4.69, 9.17) is 0 Å². The molecule has 0 bridgehead atoms. The fourth-order valence-corrected chi connectivity index (χ4v) is 3.51. The number of aliphatic hydroxyl groups is 1. The Kier molecular flexibility index (Phi) is 3.06. The molecule has 2 nitrogen and oxygen atoms in total. The van der Waals surface area contributed by atoms with Crippen molar-refractivity contribution in [3.8, 4) is 5.75 Å². The Bertz CT molecular complexity index is 408. The highest BCUT2D eigenvalue weighted by atomic mass is 16.3. The van der Waals surface area contributed by atoms with E-state index in [-0.39, 0.29) is 0 Å². The fraction of sp³-hybridized carbons (Fsp3) is 0.625. The highest BCUT2D eigenvalue weighted by Gasteiger charge is 2.40. The predicted molar refractivity (Wildman–Crippen MR) is 71.4 cm³/mol. The van der Waals surface area contributed by atoms with Crippen LogP contribution >= 0.6 is 0 Å². The molecule has 2 aliphatic carbocycles. The predicted octanol–water partition coefficient (Wildman–Crippen LogP) is 3.27. The van der Waals surface area contributed by atoms with Crippen molar-refractivity contribution in [3.05, 3.63) is 29.8 Å². The molecule has 2 saturated carbocycles. The third-order valence-corrected chi connectivity index (χ3v) is 4.62. The second-order valence-electron chi connectivity index (χ2n) is 6.26. The van der Waals surface area contributed by atoms with Crippen molar-refractivity contribution in [1.82, 2.24) is 0 Å². The van der Waals surface area contributed by atoms with Gasteiger partial charge in [0.2, 0.25) is 0 Å². The first-order valence-electron chi connectivity index (χ1n) is 7.15. The van der Waals surface area contributed by atoms with Gasteiger partial charge < -0.3 is 10.2 Å². The number of phenols is 1. The molecule has 18 heavy (non-hydrogen) atoms. The van der Waals surface area contributed by atoms with Crippen LogP contribution in [0.4, 0.5) is 0 Å². The van der Waals surface area contributed by atoms with E-state index < -0.39 is 5.60 Å². The normalized spacial score (nSPS) is 32.4. The average molecular weight is 246 g/mol. The first kappa shape index (κ1) is 12.0. The van der Waals surface area contributed by atoms with Gasteiger partial charge in [-0.2, -0.15) is 0 Å². The Labute approximate surface area is 109 Å². The molecule has 98 valence electrons. The lowest BCUT2D eigenvalue weighted by molar-refractivity contribution is -0.0195. The van der Waals surface area contributed by atoms with Crippen LogP contribution in [0, 0.1) is 11.8 Å². The monoisotopic (exact) mass is 246 g/mol. The van der Waals surface area contributed by atoms with Crippen LogP contribution < -0.4 is 0 Å². The zero-order valence-electron chi connectivity index (χ0n) is 10.8. The smallest absolute Gasteiger partial charge is 0.115 e. The number of hydrogen-bond donors (Lipinski definition) is 2. The number of benzene rings is 1. The Morgan fingerprint density at radius 2 is 1.78 bits per heavy atom. The molecule has 2 heteroatoms. The highest BCUT2D eigenvalue weighted by molar-refractivity contribution is 5.27. The molecule has 0 aliphatic heterocycles. The summed E-state index contributed by atoms with van der Waals surface area (Å²) in [6.45, 7) is 0. The van der Waals surface area contributed by atoms with E-state index in [1.54, 1.807) is 12.1 Å². The van der Waals surface area contributed by atoms with Gasteiger partial charge in [0.15, 0.2) is 0 Å². The quantitative estimate of drug-likeness (QED) is 0.859. The van der Waals surface area contributed by atoms with Gasteiger partial charge in [0.1, 0.15) is 5.75 Å². The third-order valence-electron chi connectivity index (χ3n) is 4.62. The summed E-state index contributed by atoms with van der Waals surface area (Å²) in [6, 6.07) is 7.27. The average Bonchev–Trinajstić information content (AvgIpc) is 3.16. The van der Waals surface area contributed by atoms with E-state index in [2.05, 4.69) is 0 Å². The summed E-state index contributed by atoms with van der Waals surface area (Å²) in [6.07, 6.45) is 7.85. The van der Waals surface area contributed by atoms with Crippen LogP contribution in [0.15, 0.2) is 24.3 Å². The molecule has 0 heterocycles. The van der Waals surface area contributed by atoms with Crippen molar-refractivity contribution in [3.63, 3.8) is 0 Å². The molecule has 2 unspecified atom stereocenters. The topological polar surface area (TPSA) is 40.5 Å². The zero-order valence-corrected chi connectivity index (χ0v) is 10.8. The molecule has 2 aliphatic rings. The number of rotatable bonds is 3. The first-order valence-corrected chi connectivity index (χ1v) is 7.15. The SMILES string of the molecule is Oc1ccc(CC2(O)CCCC(C3CC3)C2)cc1. The fourth-order valence-electron chi connectivity index (χ4n) is 3.51. The van der Waals surface area contributed by atoms with Gasteiger partial charge in [0, 0.05) is 6.42 Å². The van der Waals surface area contributed by atoms with Crippen molar-refractivity contribution >= 4 is 0 Å². The summed E-state index contributed by atoms with van der Waals surface area (Å²) in [4.78, 5) is 0. The molecule has 0 spiro atoms. The summed E-state index contributed by atoms with van der Waals surface area (Å²) < 4.78 is 0. The van der Waals surface area contributed by atoms with Crippen molar-refractivity contribution in [1.29, 1.82) is 0 Å². The maximum Gasteiger partial charge on any atom is 0.115 e. The highest BCUT2D eigenvalue weighted by Crippen LogP contribution is 2.47. The van der Waals surface area contributed by atoms with E-state index >= 15 is 0 Å². The maximum absolute atomic E-state index is 10.8. The molecule has 0 amide bonds. The standard InChI is InChI=1S/C16H22O2/c17-15-7-3-12(4-8-15)10-16(18)9-1-2-14(11-16)13-5-6-13/h3-4,7-8,13-14,17-18H,1-2,5-6,9-11H2. The second-order valence-corrected chi connectivity index (χ2v) is 6.26. The molecular weight excluding hydrogens is 224 g/mol. The minimum absolute atomic E-state index is 0.297. The van der Waals surface area contributed by atoms with Gasteiger partial charge in [-0.05, 0) is 61.6 Å². The van der Waals surface area contributed by atoms with Crippen molar-refractivity contribution in [2.75, 3.05) is 0 Å². The van der Waals surface area contributed by atoms with Crippen LogP contribution in [0.2, 0.25) is 0 Å². The molecule has 0 saturated heterocycles. The van der Waals surface area contributed by atoms with Crippen molar-refractivity contribution in [2.24, 2.45) is 11.8 Å². The van der Waals surface area contributed by atoms with Crippen molar-refractivity contribution < 1.29 is 10.2 Å². The van der Waals surface area contributed by atoms with Gasteiger partial charge in [-0.3, -0.25) is 0 Å². The zero-order chi connectivity index (χ0) is 12.6. The molecule has 1 aromatic rings. The minimum Gasteiger partial charge on any atom is -0.508 e. The third kappa shape index (κ3) is 2.69. The number of aromatic hydroxyl groups is 1. The van der Waals surface area contributed by atoms with Crippen LogP contribution in [-0.4, -0.2) is 15.8 Å².